The zero-order valence-electron chi connectivity index (χ0n) is 10.4. The van der Waals surface area contributed by atoms with Crippen LogP contribution in [0.2, 0.25) is 0 Å². The number of aliphatic carboxylic acids is 1. The number of carboxylic acids is 1. The Kier molecular flexibility index (Phi) is 10.4. The summed E-state index contributed by atoms with van der Waals surface area (Å²) in [5.74, 6) is -0.915. The molecule has 0 aromatic carbocycles. The number of hydrogen-bond acceptors (Lipinski definition) is 2. The van der Waals surface area contributed by atoms with Crippen LogP contribution in [-0.4, -0.2) is 34.5 Å². The molecule has 0 spiro atoms. The van der Waals surface area contributed by atoms with Gasteiger partial charge in [0.15, 0.2) is 0 Å². The number of rotatable bonds is 5. The number of nitrogens with zero attached hydrogens (tertiary/aromatic N) is 1. The predicted octanol–water partition coefficient (Wildman–Crippen LogP) is 2.13. The molecule has 0 radical (unpaired) electrons. The van der Waals surface area contributed by atoms with Gasteiger partial charge in [0.25, 0.3) is 0 Å². The first-order chi connectivity index (χ1) is 7.02. The second-order valence-electron chi connectivity index (χ2n) is 2.96. The van der Waals surface area contributed by atoms with E-state index in [1.54, 1.807) is 4.90 Å². The number of hydrogen-bond donors (Lipinski definition) is 1. The Bertz CT molecular complexity index is 192. The first-order valence-electron chi connectivity index (χ1n) is 5.51. The summed E-state index contributed by atoms with van der Waals surface area (Å²) in [5, 5.41) is 8.60. The van der Waals surface area contributed by atoms with Crippen molar-refractivity contribution < 1.29 is 14.7 Å². The second-order valence-corrected chi connectivity index (χ2v) is 2.96. The summed E-state index contributed by atoms with van der Waals surface area (Å²) in [6, 6.07) is -0.167. The first kappa shape index (κ1) is 16.4. The van der Waals surface area contributed by atoms with Gasteiger partial charge in [-0.05, 0) is 13.3 Å². The zero-order valence-corrected chi connectivity index (χ0v) is 10.4. The summed E-state index contributed by atoms with van der Waals surface area (Å²) >= 11 is 0. The molecule has 0 aromatic heterocycles. The molecule has 0 aliphatic rings. The third kappa shape index (κ3) is 6.94. The van der Waals surface area contributed by atoms with Gasteiger partial charge < -0.3 is 10.0 Å². The quantitative estimate of drug-likeness (QED) is 0.767. The maximum atomic E-state index is 11.1. The third-order valence-electron chi connectivity index (χ3n) is 2.07. The molecule has 15 heavy (non-hydrogen) atoms. The van der Waals surface area contributed by atoms with Crippen LogP contribution in [0.3, 0.4) is 0 Å². The first-order valence-corrected chi connectivity index (χ1v) is 5.51. The minimum atomic E-state index is -0.855. The summed E-state index contributed by atoms with van der Waals surface area (Å²) in [6.07, 6.45) is 0.712. The van der Waals surface area contributed by atoms with Crippen molar-refractivity contribution in [3.63, 3.8) is 0 Å². The van der Waals surface area contributed by atoms with Gasteiger partial charge in [-0.15, -0.1) is 0 Å². The minimum Gasteiger partial charge on any atom is -0.481 e. The molecule has 1 unspecified atom stereocenters. The molecule has 4 nitrogen and oxygen atoms in total. The topological polar surface area (TPSA) is 57.6 Å². The molecular formula is C11H23NO3. The van der Waals surface area contributed by atoms with E-state index in [2.05, 4.69) is 0 Å². The highest BCUT2D eigenvalue weighted by Crippen LogP contribution is 2.08. The van der Waals surface area contributed by atoms with Crippen LogP contribution in [0.5, 0.6) is 0 Å². The largest absolute Gasteiger partial charge is 0.481 e. The van der Waals surface area contributed by atoms with Crippen LogP contribution in [0.4, 0.5) is 0 Å². The van der Waals surface area contributed by atoms with Crippen LogP contribution in [0, 0.1) is 0 Å². The fourth-order valence-corrected chi connectivity index (χ4v) is 1.41. The molecule has 4 heteroatoms. The average molecular weight is 217 g/mol. The van der Waals surface area contributed by atoms with E-state index < -0.39 is 5.97 Å². The maximum absolute atomic E-state index is 11.1. The van der Waals surface area contributed by atoms with Crippen molar-refractivity contribution in [2.75, 3.05) is 6.54 Å². The van der Waals surface area contributed by atoms with Gasteiger partial charge in [-0.25, -0.2) is 0 Å². The molecule has 0 aliphatic heterocycles. The highest BCUT2D eigenvalue weighted by atomic mass is 16.4. The highest BCUT2D eigenvalue weighted by molar-refractivity contribution is 5.75. The lowest BCUT2D eigenvalue weighted by Gasteiger charge is -2.27. The smallest absolute Gasteiger partial charge is 0.305 e. The van der Waals surface area contributed by atoms with E-state index in [0.717, 1.165) is 0 Å². The van der Waals surface area contributed by atoms with E-state index in [1.807, 2.05) is 27.7 Å². The van der Waals surface area contributed by atoms with Crippen molar-refractivity contribution >= 4 is 11.9 Å². The summed E-state index contributed by atoms with van der Waals surface area (Å²) in [5.41, 5.74) is 0. The van der Waals surface area contributed by atoms with E-state index in [4.69, 9.17) is 5.11 Å². The van der Waals surface area contributed by atoms with Crippen molar-refractivity contribution in [2.45, 2.75) is 53.5 Å². The van der Waals surface area contributed by atoms with Crippen LogP contribution >= 0.6 is 0 Å². The fraction of sp³-hybridized carbons (Fsp3) is 0.818. The molecule has 1 atom stereocenters. The van der Waals surface area contributed by atoms with Gasteiger partial charge in [0.2, 0.25) is 5.91 Å². The van der Waals surface area contributed by atoms with Crippen LogP contribution in [0.15, 0.2) is 0 Å². The molecular weight excluding hydrogens is 194 g/mol. The molecule has 0 heterocycles. The summed E-state index contributed by atoms with van der Waals surface area (Å²) in [7, 11) is 0. The monoisotopic (exact) mass is 217 g/mol. The lowest BCUT2D eigenvalue weighted by Crippen LogP contribution is -2.39. The van der Waals surface area contributed by atoms with Crippen molar-refractivity contribution in [3.8, 4) is 0 Å². The minimum absolute atomic E-state index is 0.0317. The van der Waals surface area contributed by atoms with Gasteiger partial charge in [0.05, 0.1) is 6.42 Å². The molecule has 1 N–H and O–H groups in total. The Hall–Kier alpha value is -1.06. The van der Waals surface area contributed by atoms with Crippen molar-refractivity contribution in [1.82, 2.24) is 4.90 Å². The third-order valence-corrected chi connectivity index (χ3v) is 2.07. The van der Waals surface area contributed by atoms with E-state index in [1.165, 1.54) is 6.92 Å². The van der Waals surface area contributed by atoms with E-state index in [0.29, 0.717) is 13.0 Å². The molecule has 0 bridgehead atoms. The molecule has 0 aliphatic carbocycles. The lowest BCUT2D eigenvalue weighted by atomic mass is 10.1. The van der Waals surface area contributed by atoms with Crippen molar-refractivity contribution in [2.24, 2.45) is 0 Å². The van der Waals surface area contributed by atoms with Crippen molar-refractivity contribution in [1.29, 1.82) is 0 Å². The summed E-state index contributed by atoms with van der Waals surface area (Å²) in [4.78, 5) is 23.2. The highest BCUT2D eigenvalue weighted by Gasteiger charge is 2.19. The number of carbonyl (C=O) groups excluding carboxylic acids is 1. The molecule has 0 saturated heterocycles. The Morgan fingerprint density at radius 1 is 1.27 bits per heavy atom. The van der Waals surface area contributed by atoms with Crippen LogP contribution in [0.25, 0.3) is 0 Å². The zero-order chi connectivity index (χ0) is 12.4. The molecule has 0 aromatic rings. The van der Waals surface area contributed by atoms with Crippen molar-refractivity contribution in [3.05, 3.63) is 0 Å². The summed E-state index contributed by atoms with van der Waals surface area (Å²) < 4.78 is 0. The van der Waals surface area contributed by atoms with E-state index >= 15 is 0 Å². The van der Waals surface area contributed by atoms with Gasteiger partial charge in [0.1, 0.15) is 0 Å². The maximum Gasteiger partial charge on any atom is 0.305 e. The molecule has 0 rings (SSSR count). The fourth-order valence-electron chi connectivity index (χ4n) is 1.41. The molecule has 1 amide bonds. The second kappa shape index (κ2) is 9.49. The van der Waals surface area contributed by atoms with Gasteiger partial charge >= 0.3 is 5.97 Å². The van der Waals surface area contributed by atoms with Gasteiger partial charge in [-0.3, -0.25) is 9.59 Å². The summed E-state index contributed by atoms with van der Waals surface area (Å²) in [6.45, 7) is 9.78. The predicted molar refractivity (Wildman–Crippen MR) is 60.7 cm³/mol. The number of carbonyl (C=O) groups is 2. The van der Waals surface area contributed by atoms with Crippen LogP contribution < -0.4 is 0 Å². The standard InChI is InChI=1S/C9H17NO3.C2H6/c1-4-8(6-9(12)13)10(5-2)7(3)11;1-2/h8H,4-6H2,1-3H3,(H,12,13);1-2H3. The van der Waals surface area contributed by atoms with Gasteiger partial charge in [0, 0.05) is 19.5 Å². The number of carboxylic acid groups (broad SMARTS) is 1. The Morgan fingerprint density at radius 2 is 1.73 bits per heavy atom. The van der Waals surface area contributed by atoms with Crippen LogP contribution in [-0.2, 0) is 9.59 Å². The van der Waals surface area contributed by atoms with Gasteiger partial charge in [-0.2, -0.15) is 0 Å². The SMILES string of the molecule is CC.CCC(CC(=O)O)N(CC)C(C)=O. The molecule has 90 valence electrons. The number of amides is 1. The van der Waals surface area contributed by atoms with Crippen LogP contribution in [0.1, 0.15) is 47.5 Å². The van der Waals surface area contributed by atoms with Gasteiger partial charge in [-0.1, -0.05) is 20.8 Å². The van der Waals surface area contributed by atoms with E-state index in [-0.39, 0.29) is 18.4 Å². The average Bonchev–Trinajstić information content (AvgIpc) is 2.19. The molecule has 0 fully saturated rings. The Morgan fingerprint density at radius 3 is 1.93 bits per heavy atom. The van der Waals surface area contributed by atoms with E-state index in [9.17, 15) is 9.59 Å². The normalized spacial score (nSPS) is 11.0. The Labute approximate surface area is 92.3 Å². The lowest BCUT2D eigenvalue weighted by molar-refractivity contribution is -0.140. The Balaban J connectivity index is 0. The molecule has 0 saturated carbocycles.